The zero-order valence-electron chi connectivity index (χ0n) is 14.6. The highest BCUT2D eigenvalue weighted by atomic mass is 16.5. The Hall–Kier alpha value is -0.860. The number of carbonyl (C=O) groups is 2. The third kappa shape index (κ3) is 2.14. The Morgan fingerprint density at radius 2 is 1.87 bits per heavy atom. The summed E-state index contributed by atoms with van der Waals surface area (Å²) >= 11 is 0. The summed E-state index contributed by atoms with van der Waals surface area (Å²) in [7, 11) is 0. The zero-order chi connectivity index (χ0) is 16.2. The number of ether oxygens (including phenoxy) is 1. The van der Waals surface area contributed by atoms with Crippen molar-refractivity contribution in [3.63, 3.8) is 0 Å². The molecular weight excluding hydrogens is 288 g/mol. The molecule has 0 unspecified atom stereocenters. The Balaban J connectivity index is 1.57. The van der Waals surface area contributed by atoms with Crippen molar-refractivity contribution in [1.29, 1.82) is 0 Å². The average Bonchev–Trinajstić information content (AvgIpc) is 2.84. The first-order valence-corrected chi connectivity index (χ1v) is 9.61. The number of hydrogen-bond donors (Lipinski definition) is 0. The molecule has 0 radical (unpaired) electrons. The number of hydrogen-bond acceptors (Lipinski definition) is 3. The largest absolute Gasteiger partial charge is 0.465 e. The molecule has 4 saturated carbocycles. The number of carbonyl (C=O) groups excluding carboxylic acids is 2. The van der Waals surface area contributed by atoms with Gasteiger partial charge >= 0.3 is 0 Å². The maximum atomic E-state index is 12.4. The van der Waals surface area contributed by atoms with Crippen LogP contribution in [-0.4, -0.2) is 18.4 Å². The van der Waals surface area contributed by atoms with Gasteiger partial charge in [-0.3, -0.25) is 9.59 Å². The zero-order valence-corrected chi connectivity index (χ0v) is 14.6. The quantitative estimate of drug-likeness (QED) is 0.719. The van der Waals surface area contributed by atoms with Crippen LogP contribution in [0.4, 0.5) is 0 Å². The summed E-state index contributed by atoms with van der Waals surface area (Å²) in [6.45, 7) is 5.40. The summed E-state index contributed by atoms with van der Waals surface area (Å²) in [6, 6.07) is 0. The molecule has 0 aromatic rings. The van der Waals surface area contributed by atoms with Crippen LogP contribution in [0.3, 0.4) is 0 Å². The fourth-order valence-corrected chi connectivity index (χ4v) is 7.19. The maximum Gasteiger partial charge on any atom is 0.293 e. The lowest BCUT2D eigenvalue weighted by molar-refractivity contribution is -0.151. The first-order chi connectivity index (χ1) is 11.0. The van der Waals surface area contributed by atoms with Crippen LogP contribution in [0.5, 0.6) is 0 Å². The molecule has 0 aliphatic heterocycles. The van der Waals surface area contributed by atoms with Crippen LogP contribution in [0, 0.1) is 34.5 Å². The van der Waals surface area contributed by atoms with Crippen molar-refractivity contribution in [2.75, 3.05) is 0 Å². The number of ketones is 1. The molecule has 0 saturated heterocycles. The van der Waals surface area contributed by atoms with Gasteiger partial charge < -0.3 is 4.74 Å². The maximum absolute atomic E-state index is 12.4. The van der Waals surface area contributed by atoms with Gasteiger partial charge in [0.05, 0.1) is 0 Å². The highest BCUT2D eigenvalue weighted by molar-refractivity contribution is 5.87. The van der Waals surface area contributed by atoms with E-state index in [9.17, 15) is 9.59 Å². The Morgan fingerprint density at radius 1 is 1.04 bits per heavy atom. The van der Waals surface area contributed by atoms with Crippen LogP contribution >= 0.6 is 0 Å². The van der Waals surface area contributed by atoms with Crippen molar-refractivity contribution in [2.45, 2.75) is 77.7 Å². The van der Waals surface area contributed by atoms with Crippen LogP contribution in [0.15, 0.2) is 0 Å². The topological polar surface area (TPSA) is 43.4 Å². The van der Waals surface area contributed by atoms with Crippen LogP contribution in [-0.2, 0) is 14.3 Å². The van der Waals surface area contributed by atoms with Crippen LogP contribution < -0.4 is 0 Å². The van der Waals surface area contributed by atoms with Gasteiger partial charge in [0.2, 0.25) is 0 Å². The van der Waals surface area contributed by atoms with Gasteiger partial charge in [0.25, 0.3) is 6.47 Å². The van der Waals surface area contributed by atoms with E-state index in [2.05, 4.69) is 13.8 Å². The molecule has 0 aromatic heterocycles. The summed E-state index contributed by atoms with van der Waals surface area (Å²) in [5, 5.41) is 0. The van der Waals surface area contributed by atoms with Gasteiger partial charge in [-0.05, 0) is 80.5 Å². The molecule has 0 heterocycles. The van der Waals surface area contributed by atoms with Gasteiger partial charge in [-0.1, -0.05) is 13.8 Å². The Kier molecular flexibility index (Phi) is 3.62. The smallest absolute Gasteiger partial charge is 0.293 e. The highest BCUT2D eigenvalue weighted by Crippen LogP contribution is 2.65. The SMILES string of the molecule is C[C@]12CC[C@@H](OC=O)C[C@@H]1CC[C@@H]1[C@@H]2CC[C@]2(C)C(=O)CC[C@@H]12. The minimum atomic E-state index is -0.0117. The van der Waals surface area contributed by atoms with Crippen molar-refractivity contribution >= 4 is 12.3 Å². The Morgan fingerprint density at radius 3 is 2.65 bits per heavy atom. The Bertz CT molecular complexity index is 515. The summed E-state index contributed by atoms with van der Waals surface area (Å²) in [6.07, 6.45) is 10.2. The standard InChI is InChI=1S/C20H30O3/c1-19-9-7-14(23-12-21)11-13(19)3-4-15-16-5-6-18(22)20(16,2)10-8-17(15)19/h12-17H,3-11H2,1-2H3/t13-,14+,15-,16-,17-,19-,20-/m0/s1. The molecule has 3 heteroatoms. The molecule has 4 aliphatic rings. The Labute approximate surface area is 139 Å². The normalized spacial score (nSPS) is 52.3. The molecule has 4 fully saturated rings. The van der Waals surface area contributed by atoms with Gasteiger partial charge in [-0.2, -0.15) is 0 Å². The van der Waals surface area contributed by atoms with Crippen molar-refractivity contribution < 1.29 is 14.3 Å². The monoisotopic (exact) mass is 318 g/mol. The first kappa shape index (κ1) is 15.7. The van der Waals surface area contributed by atoms with E-state index in [1.165, 1.54) is 25.7 Å². The van der Waals surface area contributed by atoms with Crippen LogP contribution in [0.25, 0.3) is 0 Å². The van der Waals surface area contributed by atoms with Crippen molar-refractivity contribution in [3.05, 3.63) is 0 Å². The summed E-state index contributed by atoms with van der Waals surface area (Å²) in [5.74, 6) is 3.41. The number of rotatable bonds is 2. The summed E-state index contributed by atoms with van der Waals surface area (Å²) < 4.78 is 5.29. The number of fused-ring (bicyclic) bond motifs is 5. The molecule has 7 atom stereocenters. The third-order valence-electron chi connectivity index (χ3n) is 8.57. The second kappa shape index (κ2) is 5.32. The molecule has 23 heavy (non-hydrogen) atoms. The van der Waals surface area contributed by atoms with E-state index in [1.807, 2.05) is 0 Å². The van der Waals surface area contributed by atoms with Crippen LogP contribution in [0.1, 0.15) is 71.6 Å². The molecule has 0 spiro atoms. The average molecular weight is 318 g/mol. The lowest BCUT2D eigenvalue weighted by Gasteiger charge is -2.60. The molecule has 0 bridgehead atoms. The molecule has 0 aromatic carbocycles. The predicted octanol–water partition coefficient (Wildman–Crippen LogP) is 4.14. The minimum Gasteiger partial charge on any atom is -0.465 e. The van der Waals surface area contributed by atoms with Gasteiger partial charge in [-0.25, -0.2) is 0 Å². The van der Waals surface area contributed by atoms with Gasteiger partial charge in [-0.15, -0.1) is 0 Å². The van der Waals surface area contributed by atoms with Gasteiger partial charge in [0.1, 0.15) is 11.9 Å². The van der Waals surface area contributed by atoms with Crippen molar-refractivity contribution in [1.82, 2.24) is 0 Å². The predicted molar refractivity (Wildman–Crippen MR) is 87.7 cm³/mol. The summed E-state index contributed by atoms with van der Waals surface area (Å²) in [4.78, 5) is 23.1. The lowest BCUT2D eigenvalue weighted by Crippen LogP contribution is -2.54. The second-order valence-electron chi connectivity index (χ2n) is 9.20. The third-order valence-corrected chi connectivity index (χ3v) is 8.57. The summed E-state index contributed by atoms with van der Waals surface area (Å²) in [5.41, 5.74) is 0.390. The molecule has 0 amide bonds. The molecule has 0 N–H and O–H groups in total. The second-order valence-corrected chi connectivity index (χ2v) is 9.20. The van der Waals surface area contributed by atoms with Gasteiger partial charge in [0, 0.05) is 11.8 Å². The van der Waals surface area contributed by atoms with Crippen molar-refractivity contribution in [3.8, 4) is 0 Å². The van der Waals surface area contributed by atoms with Crippen molar-refractivity contribution in [2.24, 2.45) is 34.5 Å². The van der Waals surface area contributed by atoms with E-state index in [-0.39, 0.29) is 11.5 Å². The van der Waals surface area contributed by atoms with Gasteiger partial charge in [0.15, 0.2) is 0 Å². The molecule has 4 aliphatic carbocycles. The van der Waals surface area contributed by atoms with E-state index in [4.69, 9.17) is 4.74 Å². The van der Waals surface area contributed by atoms with E-state index >= 15 is 0 Å². The van der Waals surface area contributed by atoms with E-state index < -0.39 is 0 Å². The lowest BCUT2D eigenvalue weighted by atomic mass is 9.45. The van der Waals surface area contributed by atoms with Crippen LogP contribution in [0.2, 0.25) is 0 Å². The highest BCUT2D eigenvalue weighted by Gasteiger charge is 2.60. The van der Waals surface area contributed by atoms with E-state index in [0.717, 1.165) is 43.9 Å². The van der Waals surface area contributed by atoms with E-state index in [0.29, 0.717) is 29.5 Å². The molecule has 128 valence electrons. The fraction of sp³-hybridized carbons (Fsp3) is 0.900. The van der Waals surface area contributed by atoms with E-state index in [1.54, 1.807) is 0 Å². The molecule has 3 nitrogen and oxygen atoms in total. The molecule has 4 rings (SSSR count). The minimum absolute atomic E-state index is 0.0117. The number of Topliss-reactive ketones (excluding diaryl/α,β-unsaturated/α-hetero) is 1. The first-order valence-electron chi connectivity index (χ1n) is 9.61. The fourth-order valence-electron chi connectivity index (χ4n) is 7.19. The molecular formula is C20H30O3.